The summed E-state index contributed by atoms with van der Waals surface area (Å²) in [6.45, 7) is 7.09. The van der Waals surface area contributed by atoms with E-state index in [2.05, 4.69) is 32.9 Å². The van der Waals surface area contributed by atoms with Crippen molar-refractivity contribution in [3.63, 3.8) is 0 Å². The highest BCUT2D eigenvalue weighted by Crippen LogP contribution is 2.48. The zero-order valence-electron chi connectivity index (χ0n) is 14.6. The summed E-state index contributed by atoms with van der Waals surface area (Å²) >= 11 is 2.03. The van der Waals surface area contributed by atoms with Crippen LogP contribution in [0, 0.1) is 11.3 Å². The first-order valence-corrected chi connectivity index (χ1v) is 9.29. The SMILES string of the molecule is CC(SCCC(C)(C)C1CC1)c1ccc(C(=O)N(C)C)cc1. The summed E-state index contributed by atoms with van der Waals surface area (Å²) < 4.78 is 0. The molecule has 1 aromatic carbocycles. The molecule has 0 N–H and O–H groups in total. The Bertz CT molecular complexity index is 503. The van der Waals surface area contributed by atoms with Crippen molar-refractivity contribution in [2.75, 3.05) is 19.8 Å². The molecule has 0 bridgehead atoms. The first-order chi connectivity index (χ1) is 10.3. The van der Waals surface area contributed by atoms with E-state index in [9.17, 15) is 4.79 Å². The summed E-state index contributed by atoms with van der Waals surface area (Å²) in [5, 5.41) is 0.485. The average Bonchev–Trinajstić information content (AvgIpc) is 3.31. The van der Waals surface area contributed by atoms with Crippen LogP contribution in [0.5, 0.6) is 0 Å². The van der Waals surface area contributed by atoms with Crippen LogP contribution in [0.25, 0.3) is 0 Å². The molecule has 1 saturated carbocycles. The van der Waals surface area contributed by atoms with Crippen LogP contribution in [0.15, 0.2) is 24.3 Å². The highest BCUT2D eigenvalue weighted by molar-refractivity contribution is 7.99. The molecule has 0 spiro atoms. The van der Waals surface area contributed by atoms with Crippen molar-refractivity contribution in [2.24, 2.45) is 11.3 Å². The fraction of sp³-hybridized carbons (Fsp3) is 0.632. The van der Waals surface area contributed by atoms with Crippen LogP contribution in [-0.2, 0) is 0 Å². The monoisotopic (exact) mass is 319 g/mol. The molecule has 3 heteroatoms. The molecule has 0 aliphatic heterocycles. The van der Waals surface area contributed by atoms with Gasteiger partial charge in [0.2, 0.25) is 0 Å². The molecule has 0 heterocycles. The standard InChI is InChI=1S/C19H29NOS/c1-14(22-13-12-19(2,3)17-10-11-17)15-6-8-16(9-7-15)18(21)20(4)5/h6-9,14,17H,10-13H2,1-5H3. The maximum Gasteiger partial charge on any atom is 0.253 e. The molecule has 0 saturated heterocycles. The van der Waals surface area contributed by atoms with Crippen molar-refractivity contribution in [1.82, 2.24) is 4.90 Å². The third-order valence-electron chi connectivity index (χ3n) is 4.83. The Kier molecular flexibility index (Phi) is 5.60. The summed E-state index contributed by atoms with van der Waals surface area (Å²) in [6.07, 6.45) is 4.15. The van der Waals surface area contributed by atoms with Gasteiger partial charge in [0.25, 0.3) is 5.91 Å². The maximum atomic E-state index is 11.9. The second-order valence-electron chi connectivity index (χ2n) is 7.35. The number of nitrogens with zero attached hydrogens (tertiary/aromatic N) is 1. The Morgan fingerprint density at radius 2 is 1.86 bits per heavy atom. The lowest BCUT2D eigenvalue weighted by molar-refractivity contribution is 0.0827. The number of carbonyl (C=O) groups excluding carboxylic acids is 1. The molecule has 2 rings (SSSR count). The number of amides is 1. The average molecular weight is 320 g/mol. The first kappa shape index (κ1) is 17.4. The molecule has 0 radical (unpaired) electrons. The molecular weight excluding hydrogens is 290 g/mol. The smallest absolute Gasteiger partial charge is 0.253 e. The Morgan fingerprint density at radius 1 is 1.27 bits per heavy atom. The van der Waals surface area contributed by atoms with Crippen LogP contribution in [-0.4, -0.2) is 30.7 Å². The van der Waals surface area contributed by atoms with Gasteiger partial charge < -0.3 is 4.90 Å². The largest absolute Gasteiger partial charge is 0.345 e. The van der Waals surface area contributed by atoms with E-state index in [4.69, 9.17) is 0 Å². The zero-order valence-corrected chi connectivity index (χ0v) is 15.4. The van der Waals surface area contributed by atoms with E-state index in [1.165, 1.54) is 30.6 Å². The lowest BCUT2D eigenvalue weighted by Gasteiger charge is -2.25. The topological polar surface area (TPSA) is 20.3 Å². The molecule has 1 unspecified atom stereocenters. The van der Waals surface area contributed by atoms with Crippen molar-refractivity contribution >= 4 is 17.7 Å². The van der Waals surface area contributed by atoms with Crippen molar-refractivity contribution in [3.8, 4) is 0 Å². The van der Waals surface area contributed by atoms with Gasteiger partial charge in [0, 0.05) is 24.9 Å². The van der Waals surface area contributed by atoms with E-state index >= 15 is 0 Å². The predicted molar refractivity (Wildman–Crippen MR) is 96.5 cm³/mol. The van der Waals surface area contributed by atoms with Crippen molar-refractivity contribution in [3.05, 3.63) is 35.4 Å². The van der Waals surface area contributed by atoms with Gasteiger partial charge in [-0.25, -0.2) is 0 Å². The second kappa shape index (κ2) is 7.08. The summed E-state index contributed by atoms with van der Waals surface area (Å²) in [5.74, 6) is 2.24. The number of carbonyl (C=O) groups is 1. The number of benzene rings is 1. The lowest BCUT2D eigenvalue weighted by atomic mass is 9.85. The summed E-state index contributed by atoms with van der Waals surface area (Å²) in [4.78, 5) is 13.5. The second-order valence-corrected chi connectivity index (χ2v) is 8.80. The van der Waals surface area contributed by atoms with Crippen LogP contribution in [0.4, 0.5) is 0 Å². The third kappa shape index (κ3) is 4.52. The van der Waals surface area contributed by atoms with Gasteiger partial charge in [0.15, 0.2) is 0 Å². The summed E-state index contributed by atoms with van der Waals surface area (Å²) in [6, 6.07) is 8.09. The molecule has 1 atom stereocenters. The lowest BCUT2D eigenvalue weighted by Crippen LogP contribution is -2.21. The van der Waals surface area contributed by atoms with E-state index in [1.54, 1.807) is 19.0 Å². The number of thioether (sulfide) groups is 1. The van der Waals surface area contributed by atoms with Gasteiger partial charge in [-0.3, -0.25) is 4.79 Å². The van der Waals surface area contributed by atoms with E-state index in [0.29, 0.717) is 10.7 Å². The van der Waals surface area contributed by atoms with Crippen molar-refractivity contribution in [1.29, 1.82) is 0 Å². The van der Waals surface area contributed by atoms with E-state index in [-0.39, 0.29) is 5.91 Å². The maximum absolute atomic E-state index is 11.9. The van der Waals surface area contributed by atoms with Crippen LogP contribution in [0.2, 0.25) is 0 Å². The van der Waals surface area contributed by atoms with Crippen molar-refractivity contribution < 1.29 is 4.79 Å². The van der Waals surface area contributed by atoms with Gasteiger partial charge >= 0.3 is 0 Å². The Morgan fingerprint density at radius 3 is 2.36 bits per heavy atom. The van der Waals surface area contributed by atoms with E-state index < -0.39 is 0 Å². The summed E-state index contributed by atoms with van der Waals surface area (Å²) in [5.41, 5.74) is 2.58. The summed E-state index contributed by atoms with van der Waals surface area (Å²) in [7, 11) is 3.58. The minimum absolute atomic E-state index is 0.0676. The molecule has 122 valence electrons. The normalized spacial score (nSPS) is 16.4. The van der Waals surface area contributed by atoms with E-state index in [1.807, 2.05) is 23.9 Å². The molecule has 1 aromatic rings. The van der Waals surface area contributed by atoms with Crippen molar-refractivity contribution in [2.45, 2.75) is 45.3 Å². The Labute approximate surface area is 139 Å². The van der Waals surface area contributed by atoms with Gasteiger partial charge in [-0.05, 0) is 61.0 Å². The molecule has 1 aliphatic rings. The number of hydrogen-bond donors (Lipinski definition) is 0. The van der Waals surface area contributed by atoms with Gasteiger partial charge in [0.1, 0.15) is 0 Å². The molecular formula is C19H29NOS. The van der Waals surface area contributed by atoms with Gasteiger partial charge in [-0.15, -0.1) is 0 Å². The molecule has 1 amide bonds. The minimum Gasteiger partial charge on any atom is -0.345 e. The fourth-order valence-electron chi connectivity index (χ4n) is 2.82. The Balaban J connectivity index is 1.84. The zero-order chi connectivity index (χ0) is 16.3. The quantitative estimate of drug-likeness (QED) is 0.704. The third-order valence-corrected chi connectivity index (χ3v) is 6.04. The highest BCUT2D eigenvalue weighted by Gasteiger charge is 2.37. The van der Waals surface area contributed by atoms with E-state index in [0.717, 1.165) is 11.5 Å². The van der Waals surface area contributed by atoms with Gasteiger partial charge in [-0.2, -0.15) is 11.8 Å². The molecule has 2 nitrogen and oxygen atoms in total. The molecule has 0 aromatic heterocycles. The number of hydrogen-bond acceptors (Lipinski definition) is 2. The molecule has 1 aliphatic carbocycles. The molecule has 22 heavy (non-hydrogen) atoms. The van der Waals surface area contributed by atoms with Crippen LogP contribution >= 0.6 is 11.8 Å². The minimum atomic E-state index is 0.0676. The van der Waals surface area contributed by atoms with Gasteiger partial charge in [-0.1, -0.05) is 26.0 Å². The van der Waals surface area contributed by atoms with Gasteiger partial charge in [0.05, 0.1) is 0 Å². The predicted octanol–water partition coefficient (Wildman–Crippen LogP) is 5.01. The fourth-order valence-corrected chi connectivity index (χ4v) is 4.17. The van der Waals surface area contributed by atoms with Crippen LogP contribution < -0.4 is 0 Å². The first-order valence-electron chi connectivity index (χ1n) is 8.24. The van der Waals surface area contributed by atoms with Crippen LogP contribution in [0.1, 0.15) is 61.2 Å². The highest BCUT2D eigenvalue weighted by atomic mass is 32.2. The van der Waals surface area contributed by atoms with Crippen LogP contribution in [0.3, 0.4) is 0 Å². The Hall–Kier alpha value is -0.960. The number of rotatable bonds is 7. The molecule has 1 fully saturated rings.